The summed E-state index contributed by atoms with van der Waals surface area (Å²) in [6.07, 6.45) is 0.283. The Hall–Kier alpha value is -2.64. The lowest BCUT2D eigenvalue weighted by molar-refractivity contribution is -0.142. The molecule has 8 heteroatoms. The lowest BCUT2D eigenvalue weighted by Crippen LogP contribution is -2.46. The van der Waals surface area contributed by atoms with Gasteiger partial charge in [0.2, 0.25) is 5.91 Å². The van der Waals surface area contributed by atoms with Gasteiger partial charge in [0.25, 0.3) is 5.91 Å². The van der Waals surface area contributed by atoms with Gasteiger partial charge in [-0.15, -0.1) is 0 Å². The van der Waals surface area contributed by atoms with E-state index in [1.165, 1.54) is 18.2 Å². The van der Waals surface area contributed by atoms with Crippen molar-refractivity contribution in [1.29, 1.82) is 0 Å². The van der Waals surface area contributed by atoms with E-state index >= 15 is 0 Å². The number of halogens is 1. The Balaban J connectivity index is 2.36. The van der Waals surface area contributed by atoms with Crippen LogP contribution in [0.1, 0.15) is 20.3 Å². The van der Waals surface area contributed by atoms with Gasteiger partial charge >= 0.3 is 5.97 Å². The summed E-state index contributed by atoms with van der Waals surface area (Å²) < 4.78 is 18.3. The molecule has 0 heterocycles. The molecular formula is C16H21FN2O5. The van der Waals surface area contributed by atoms with Gasteiger partial charge in [0.1, 0.15) is 6.04 Å². The van der Waals surface area contributed by atoms with Gasteiger partial charge in [-0.25, -0.2) is 9.18 Å². The van der Waals surface area contributed by atoms with E-state index in [4.69, 9.17) is 9.84 Å². The lowest BCUT2D eigenvalue weighted by atomic mass is 10.0. The highest BCUT2D eigenvalue weighted by Gasteiger charge is 2.21. The van der Waals surface area contributed by atoms with E-state index in [9.17, 15) is 18.8 Å². The van der Waals surface area contributed by atoms with Crippen molar-refractivity contribution >= 4 is 17.8 Å². The number of aliphatic carboxylic acids is 1. The molecule has 0 saturated carbocycles. The summed E-state index contributed by atoms with van der Waals surface area (Å²) in [4.78, 5) is 34.3. The SMILES string of the molecule is CC(C)C[C@H](NC(=O)CNC(=O)COc1ccccc1F)C(=O)O. The van der Waals surface area contributed by atoms with E-state index in [0.29, 0.717) is 0 Å². The van der Waals surface area contributed by atoms with Crippen LogP contribution in [0.25, 0.3) is 0 Å². The van der Waals surface area contributed by atoms with Crippen LogP contribution in [0.2, 0.25) is 0 Å². The number of benzene rings is 1. The smallest absolute Gasteiger partial charge is 0.326 e. The van der Waals surface area contributed by atoms with Crippen molar-refractivity contribution in [2.45, 2.75) is 26.3 Å². The molecule has 0 bridgehead atoms. The highest BCUT2D eigenvalue weighted by atomic mass is 19.1. The molecule has 0 unspecified atom stereocenters. The minimum atomic E-state index is -1.13. The van der Waals surface area contributed by atoms with Crippen LogP contribution in [0.3, 0.4) is 0 Å². The number of carbonyl (C=O) groups is 3. The molecule has 2 amide bonds. The van der Waals surface area contributed by atoms with Crippen molar-refractivity contribution < 1.29 is 28.6 Å². The maximum absolute atomic E-state index is 13.3. The van der Waals surface area contributed by atoms with Crippen molar-refractivity contribution in [2.24, 2.45) is 5.92 Å². The van der Waals surface area contributed by atoms with Crippen molar-refractivity contribution in [3.8, 4) is 5.75 Å². The van der Waals surface area contributed by atoms with Crippen LogP contribution in [0.4, 0.5) is 4.39 Å². The summed E-state index contributed by atoms with van der Waals surface area (Å²) in [5.74, 6) is -2.95. The first-order chi connectivity index (χ1) is 11.3. The van der Waals surface area contributed by atoms with Crippen LogP contribution in [-0.2, 0) is 14.4 Å². The Labute approximate surface area is 139 Å². The van der Waals surface area contributed by atoms with E-state index in [0.717, 1.165) is 0 Å². The van der Waals surface area contributed by atoms with Gasteiger partial charge in [-0.1, -0.05) is 26.0 Å². The maximum Gasteiger partial charge on any atom is 0.326 e. The number of carboxylic acids is 1. The van der Waals surface area contributed by atoms with Crippen LogP contribution >= 0.6 is 0 Å². The van der Waals surface area contributed by atoms with Crippen LogP contribution in [-0.4, -0.2) is 42.1 Å². The van der Waals surface area contributed by atoms with Crippen LogP contribution in [0.15, 0.2) is 24.3 Å². The van der Waals surface area contributed by atoms with E-state index < -0.39 is 36.2 Å². The predicted molar refractivity (Wildman–Crippen MR) is 83.9 cm³/mol. The van der Waals surface area contributed by atoms with Gasteiger partial charge in [-0.05, 0) is 24.5 Å². The number of ether oxygens (including phenoxy) is 1. The number of hydrogen-bond donors (Lipinski definition) is 3. The average molecular weight is 340 g/mol. The summed E-state index contributed by atoms with van der Waals surface area (Å²) in [5, 5.41) is 13.6. The van der Waals surface area contributed by atoms with Gasteiger partial charge < -0.3 is 20.5 Å². The zero-order valence-electron chi connectivity index (χ0n) is 13.5. The highest BCUT2D eigenvalue weighted by molar-refractivity contribution is 5.88. The third-order valence-electron chi connectivity index (χ3n) is 2.98. The summed E-state index contributed by atoms with van der Waals surface area (Å²) in [6, 6.07) is 4.61. The molecule has 1 aromatic carbocycles. The monoisotopic (exact) mass is 340 g/mol. The van der Waals surface area contributed by atoms with Gasteiger partial charge in [0.05, 0.1) is 6.54 Å². The minimum absolute atomic E-state index is 0.0695. The molecule has 1 atom stereocenters. The van der Waals surface area contributed by atoms with E-state index in [-0.39, 0.29) is 24.6 Å². The Bertz CT molecular complexity index is 592. The number of amides is 2. The highest BCUT2D eigenvalue weighted by Crippen LogP contribution is 2.14. The summed E-state index contributed by atoms with van der Waals surface area (Å²) in [6.45, 7) is 2.83. The molecule has 0 fully saturated rings. The number of carbonyl (C=O) groups excluding carboxylic acids is 2. The van der Waals surface area contributed by atoms with Gasteiger partial charge in [0, 0.05) is 0 Å². The Morgan fingerprint density at radius 1 is 1.21 bits per heavy atom. The van der Waals surface area contributed by atoms with Gasteiger partial charge in [0.15, 0.2) is 18.2 Å². The number of hydrogen-bond acceptors (Lipinski definition) is 4. The molecule has 7 nitrogen and oxygen atoms in total. The van der Waals surface area contributed by atoms with E-state index in [1.54, 1.807) is 6.07 Å². The normalized spacial score (nSPS) is 11.7. The lowest BCUT2D eigenvalue weighted by Gasteiger charge is -2.16. The third-order valence-corrected chi connectivity index (χ3v) is 2.98. The minimum Gasteiger partial charge on any atom is -0.481 e. The second-order valence-corrected chi connectivity index (χ2v) is 5.58. The Kier molecular flexibility index (Phi) is 7.67. The van der Waals surface area contributed by atoms with E-state index in [1.807, 2.05) is 13.8 Å². The molecule has 1 aromatic rings. The summed E-state index contributed by atoms with van der Waals surface area (Å²) >= 11 is 0. The molecule has 0 aliphatic heterocycles. The first-order valence-corrected chi connectivity index (χ1v) is 7.45. The first kappa shape index (κ1) is 19.4. The first-order valence-electron chi connectivity index (χ1n) is 7.45. The maximum atomic E-state index is 13.3. The molecule has 0 aliphatic carbocycles. The van der Waals surface area contributed by atoms with Crippen LogP contribution < -0.4 is 15.4 Å². The van der Waals surface area contributed by atoms with E-state index in [2.05, 4.69) is 10.6 Å². The number of para-hydroxylation sites is 1. The fourth-order valence-corrected chi connectivity index (χ4v) is 1.87. The van der Waals surface area contributed by atoms with Crippen molar-refractivity contribution in [3.05, 3.63) is 30.1 Å². The Morgan fingerprint density at radius 2 is 1.88 bits per heavy atom. The number of rotatable bonds is 9. The van der Waals surface area contributed by atoms with Gasteiger partial charge in [-0.3, -0.25) is 9.59 Å². The fraction of sp³-hybridized carbons (Fsp3) is 0.438. The molecule has 0 radical (unpaired) electrons. The van der Waals surface area contributed by atoms with Crippen molar-refractivity contribution in [3.63, 3.8) is 0 Å². The average Bonchev–Trinajstić information content (AvgIpc) is 2.51. The zero-order valence-corrected chi connectivity index (χ0v) is 13.5. The molecule has 1 rings (SSSR count). The van der Waals surface area contributed by atoms with Crippen molar-refractivity contribution in [2.75, 3.05) is 13.2 Å². The molecular weight excluding hydrogens is 319 g/mol. The summed E-state index contributed by atoms with van der Waals surface area (Å²) in [5.41, 5.74) is 0. The molecule has 0 aromatic heterocycles. The zero-order chi connectivity index (χ0) is 18.1. The quantitative estimate of drug-likeness (QED) is 0.620. The molecule has 0 aliphatic rings. The predicted octanol–water partition coefficient (Wildman–Crippen LogP) is 0.936. The third kappa shape index (κ3) is 7.08. The molecule has 0 spiro atoms. The summed E-state index contributed by atoms with van der Waals surface area (Å²) in [7, 11) is 0. The second kappa shape index (κ2) is 9.49. The molecule has 132 valence electrons. The molecule has 0 saturated heterocycles. The van der Waals surface area contributed by atoms with Crippen LogP contribution in [0, 0.1) is 11.7 Å². The standard InChI is InChI=1S/C16H21FN2O5/c1-10(2)7-12(16(22)23)19-14(20)8-18-15(21)9-24-13-6-4-3-5-11(13)17/h3-6,10,12H,7-9H2,1-2H3,(H,18,21)(H,19,20)(H,22,23)/t12-/m0/s1. The number of nitrogens with one attached hydrogen (secondary N) is 2. The van der Waals surface area contributed by atoms with Gasteiger partial charge in [-0.2, -0.15) is 0 Å². The Morgan fingerprint density at radius 3 is 2.46 bits per heavy atom. The number of carboxylic acid groups (broad SMARTS) is 1. The van der Waals surface area contributed by atoms with Crippen molar-refractivity contribution in [1.82, 2.24) is 10.6 Å². The second-order valence-electron chi connectivity index (χ2n) is 5.58. The molecule has 3 N–H and O–H groups in total. The largest absolute Gasteiger partial charge is 0.481 e. The van der Waals surface area contributed by atoms with Crippen LogP contribution in [0.5, 0.6) is 5.75 Å². The topological polar surface area (TPSA) is 105 Å². The molecule has 24 heavy (non-hydrogen) atoms. The fourth-order valence-electron chi connectivity index (χ4n) is 1.87.